The lowest BCUT2D eigenvalue weighted by Gasteiger charge is -1.97. The molecule has 0 N–H and O–H groups in total. The minimum atomic E-state index is -0.413. The lowest BCUT2D eigenvalue weighted by molar-refractivity contribution is -0.134. The summed E-state index contributed by atoms with van der Waals surface area (Å²) < 4.78 is 9.44. The van der Waals surface area contributed by atoms with Gasteiger partial charge in [0.05, 0.1) is 14.2 Å². The van der Waals surface area contributed by atoms with Gasteiger partial charge in [-0.3, -0.25) is 0 Å². The molecule has 0 saturated heterocycles. The molecule has 0 aliphatic carbocycles. The molecule has 0 amide bonds. The van der Waals surface area contributed by atoms with Gasteiger partial charge in [-0.05, 0) is 30.3 Å². The molecule has 0 aromatic heterocycles. The molecule has 0 atom stereocenters. The van der Waals surface area contributed by atoms with E-state index in [1.807, 2.05) is 24.3 Å². The molecular formula is C13H12O3. The fourth-order valence-electron chi connectivity index (χ4n) is 0.977. The van der Waals surface area contributed by atoms with Crippen molar-refractivity contribution in [2.45, 2.75) is 0 Å². The first-order chi connectivity index (χ1) is 7.76. The number of carbonyl (C=O) groups excluding carboxylic acids is 1. The summed E-state index contributed by atoms with van der Waals surface area (Å²) in [5, 5.41) is 0. The SMILES string of the molecule is COC(=O)/C=C/C#Cc1ccc(OC)cc1. The van der Waals surface area contributed by atoms with E-state index in [4.69, 9.17) is 4.74 Å². The van der Waals surface area contributed by atoms with Crippen LogP contribution in [0.5, 0.6) is 5.75 Å². The number of carbonyl (C=O) groups is 1. The summed E-state index contributed by atoms with van der Waals surface area (Å²) in [6.45, 7) is 0. The number of hydrogen-bond acceptors (Lipinski definition) is 3. The quantitative estimate of drug-likeness (QED) is 0.429. The summed E-state index contributed by atoms with van der Waals surface area (Å²) in [7, 11) is 2.93. The van der Waals surface area contributed by atoms with Crippen LogP contribution in [0.2, 0.25) is 0 Å². The van der Waals surface area contributed by atoms with Crippen molar-refractivity contribution in [1.29, 1.82) is 0 Å². The van der Waals surface area contributed by atoms with Gasteiger partial charge in [0.15, 0.2) is 0 Å². The predicted octanol–water partition coefficient (Wildman–Crippen LogP) is 1.78. The molecule has 3 heteroatoms. The molecule has 1 aromatic carbocycles. The minimum Gasteiger partial charge on any atom is -0.497 e. The maximum Gasteiger partial charge on any atom is 0.331 e. The van der Waals surface area contributed by atoms with Crippen LogP contribution in [0, 0.1) is 11.8 Å². The van der Waals surface area contributed by atoms with E-state index < -0.39 is 5.97 Å². The van der Waals surface area contributed by atoms with E-state index in [-0.39, 0.29) is 0 Å². The molecule has 16 heavy (non-hydrogen) atoms. The summed E-state index contributed by atoms with van der Waals surface area (Å²) in [4.78, 5) is 10.7. The molecule has 82 valence electrons. The minimum absolute atomic E-state index is 0.413. The van der Waals surface area contributed by atoms with Crippen molar-refractivity contribution < 1.29 is 14.3 Å². The van der Waals surface area contributed by atoms with Gasteiger partial charge in [-0.25, -0.2) is 4.79 Å². The van der Waals surface area contributed by atoms with Crippen LogP contribution in [-0.2, 0) is 9.53 Å². The van der Waals surface area contributed by atoms with Crippen LogP contribution in [0.25, 0.3) is 0 Å². The number of esters is 1. The van der Waals surface area contributed by atoms with Crippen molar-refractivity contribution in [3.63, 3.8) is 0 Å². The molecule has 0 aliphatic rings. The highest BCUT2D eigenvalue weighted by molar-refractivity contribution is 5.82. The standard InChI is InChI=1S/C13H12O3/c1-15-12-9-7-11(8-10-12)5-3-4-6-13(14)16-2/h4,6-10H,1-2H3/b6-4+. The molecule has 0 heterocycles. The second-order valence-electron chi connectivity index (χ2n) is 2.85. The topological polar surface area (TPSA) is 35.5 Å². The van der Waals surface area contributed by atoms with E-state index in [1.54, 1.807) is 7.11 Å². The van der Waals surface area contributed by atoms with Crippen molar-refractivity contribution in [3.8, 4) is 17.6 Å². The van der Waals surface area contributed by atoms with Crippen molar-refractivity contribution in [3.05, 3.63) is 42.0 Å². The summed E-state index contributed by atoms with van der Waals surface area (Å²) in [5.41, 5.74) is 0.857. The Morgan fingerprint density at radius 1 is 1.25 bits per heavy atom. The number of allylic oxidation sites excluding steroid dienone is 1. The van der Waals surface area contributed by atoms with Crippen molar-refractivity contribution >= 4 is 5.97 Å². The Hall–Kier alpha value is -2.21. The van der Waals surface area contributed by atoms with Crippen molar-refractivity contribution in [2.75, 3.05) is 14.2 Å². The summed E-state index contributed by atoms with van der Waals surface area (Å²) in [5.74, 6) is 5.98. The first-order valence-corrected chi connectivity index (χ1v) is 4.66. The molecule has 0 unspecified atom stereocenters. The lowest BCUT2D eigenvalue weighted by atomic mass is 10.2. The van der Waals surface area contributed by atoms with E-state index in [2.05, 4.69) is 16.6 Å². The molecule has 0 spiro atoms. The Balaban J connectivity index is 2.63. The summed E-state index contributed by atoms with van der Waals surface area (Å²) in [6, 6.07) is 7.34. The van der Waals surface area contributed by atoms with Gasteiger partial charge < -0.3 is 9.47 Å². The fraction of sp³-hybridized carbons (Fsp3) is 0.154. The van der Waals surface area contributed by atoms with Gasteiger partial charge in [0, 0.05) is 11.6 Å². The third-order valence-corrected chi connectivity index (χ3v) is 1.81. The molecule has 0 radical (unpaired) electrons. The smallest absolute Gasteiger partial charge is 0.331 e. The zero-order valence-electron chi connectivity index (χ0n) is 9.19. The zero-order valence-corrected chi connectivity index (χ0v) is 9.19. The van der Waals surface area contributed by atoms with Gasteiger partial charge >= 0.3 is 5.97 Å². The highest BCUT2D eigenvalue weighted by Crippen LogP contribution is 2.09. The van der Waals surface area contributed by atoms with Gasteiger partial charge in [-0.2, -0.15) is 0 Å². The highest BCUT2D eigenvalue weighted by Gasteiger charge is 1.89. The lowest BCUT2D eigenvalue weighted by Crippen LogP contribution is -1.92. The molecule has 0 fully saturated rings. The Morgan fingerprint density at radius 3 is 2.50 bits per heavy atom. The third kappa shape index (κ3) is 3.89. The molecule has 0 bridgehead atoms. The van der Waals surface area contributed by atoms with Crippen LogP contribution < -0.4 is 4.74 Å². The van der Waals surface area contributed by atoms with E-state index in [0.29, 0.717) is 0 Å². The average molecular weight is 216 g/mol. The Bertz CT molecular complexity index is 432. The normalized spacial score (nSPS) is 9.38. The van der Waals surface area contributed by atoms with Gasteiger partial charge in [-0.15, -0.1) is 0 Å². The first-order valence-electron chi connectivity index (χ1n) is 4.66. The number of hydrogen-bond donors (Lipinski definition) is 0. The van der Waals surface area contributed by atoms with Crippen LogP contribution in [0.4, 0.5) is 0 Å². The van der Waals surface area contributed by atoms with E-state index in [9.17, 15) is 4.79 Å². The molecule has 0 aliphatic heterocycles. The fourth-order valence-corrected chi connectivity index (χ4v) is 0.977. The number of benzene rings is 1. The molecule has 0 saturated carbocycles. The van der Waals surface area contributed by atoms with Gasteiger partial charge in [0.25, 0.3) is 0 Å². The van der Waals surface area contributed by atoms with Gasteiger partial charge in [0.2, 0.25) is 0 Å². The largest absolute Gasteiger partial charge is 0.497 e. The van der Waals surface area contributed by atoms with Crippen molar-refractivity contribution in [1.82, 2.24) is 0 Å². The number of rotatable bonds is 2. The second-order valence-corrected chi connectivity index (χ2v) is 2.85. The van der Waals surface area contributed by atoms with Crippen LogP contribution >= 0.6 is 0 Å². The Morgan fingerprint density at radius 2 is 1.94 bits per heavy atom. The van der Waals surface area contributed by atoms with E-state index in [0.717, 1.165) is 11.3 Å². The predicted molar refractivity (Wildman–Crippen MR) is 61.0 cm³/mol. The van der Waals surface area contributed by atoms with Crippen LogP contribution in [0.1, 0.15) is 5.56 Å². The molecular weight excluding hydrogens is 204 g/mol. The monoisotopic (exact) mass is 216 g/mol. The Kier molecular flexibility index (Phi) is 4.68. The third-order valence-electron chi connectivity index (χ3n) is 1.81. The summed E-state index contributed by atoms with van der Waals surface area (Å²) in [6.07, 6.45) is 2.73. The van der Waals surface area contributed by atoms with E-state index in [1.165, 1.54) is 19.3 Å². The zero-order chi connectivity index (χ0) is 11.8. The van der Waals surface area contributed by atoms with Gasteiger partial charge in [0.1, 0.15) is 5.75 Å². The maximum absolute atomic E-state index is 10.7. The maximum atomic E-state index is 10.7. The highest BCUT2D eigenvalue weighted by atomic mass is 16.5. The van der Waals surface area contributed by atoms with Crippen LogP contribution in [0.15, 0.2) is 36.4 Å². The van der Waals surface area contributed by atoms with Crippen LogP contribution in [-0.4, -0.2) is 20.2 Å². The van der Waals surface area contributed by atoms with Crippen molar-refractivity contribution in [2.24, 2.45) is 0 Å². The van der Waals surface area contributed by atoms with E-state index >= 15 is 0 Å². The van der Waals surface area contributed by atoms with Gasteiger partial charge in [-0.1, -0.05) is 11.8 Å². The second kappa shape index (κ2) is 6.31. The molecule has 3 nitrogen and oxygen atoms in total. The number of methoxy groups -OCH3 is 2. The molecule has 1 aromatic rings. The van der Waals surface area contributed by atoms with Crippen LogP contribution in [0.3, 0.4) is 0 Å². The number of ether oxygens (including phenoxy) is 2. The molecule has 1 rings (SSSR count). The first kappa shape index (κ1) is 11.9. The average Bonchev–Trinajstić information content (AvgIpc) is 2.35. The Labute approximate surface area is 94.7 Å². The summed E-state index contributed by atoms with van der Waals surface area (Å²) >= 11 is 0.